The van der Waals surface area contributed by atoms with Crippen LogP contribution < -0.4 is 10.5 Å². The van der Waals surface area contributed by atoms with Crippen molar-refractivity contribution in [3.63, 3.8) is 0 Å². The average Bonchev–Trinajstić information content (AvgIpc) is 2.87. The van der Waals surface area contributed by atoms with E-state index < -0.39 is 0 Å². The Hall–Kier alpha value is -1.88. The molecule has 0 saturated carbocycles. The maximum atomic E-state index is 5.51. The summed E-state index contributed by atoms with van der Waals surface area (Å²) >= 11 is 0. The third-order valence-electron chi connectivity index (χ3n) is 3.13. The Morgan fingerprint density at radius 1 is 1.32 bits per heavy atom. The van der Waals surface area contributed by atoms with E-state index in [0.717, 1.165) is 42.0 Å². The van der Waals surface area contributed by atoms with Crippen molar-refractivity contribution in [3.8, 4) is 17.0 Å². The lowest BCUT2D eigenvalue weighted by molar-refractivity contribution is 0.412. The summed E-state index contributed by atoms with van der Waals surface area (Å²) in [4.78, 5) is 0. The molecule has 0 aliphatic heterocycles. The molecule has 2 aromatic rings. The lowest BCUT2D eigenvalue weighted by atomic mass is 10.1. The number of ether oxygens (including phenoxy) is 1. The highest BCUT2D eigenvalue weighted by molar-refractivity contribution is 5.61. The van der Waals surface area contributed by atoms with E-state index in [4.69, 9.17) is 10.5 Å². The summed E-state index contributed by atoms with van der Waals surface area (Å²) in [6.07, 6.45) is 3.81. The second-order valence-electron chi connectivity index (χ2n) is 4.52. The van der Waals surface area contributed by atoms with E-state index in [1.165, 1.54) is 0 Å². The standard InChI is InChI=1S/C14H20N4O/c1-11-9-12(5-6-14(11)19-2)13-10-16-17-18(13)8-4-3-7-15/h5-6,9-10H,3-4,7-8,15H2,1-2H3. The quantitative estimate of drug-likeness (QED) is 0.807. The maximum Gasteiger partial charge on any atom is 0.121 e. The van der Waals surface area contributed by atoms with Crippen LogP contribution in [0.15, 0.2) is 24.4 Å². The van der Waals surface area contributed by atoms with Crippen molar-refractivity contribution in [2.45, 2.75) is 26.3 Å². The van der Waals surface area contributed by atoms with Crippen LogP contribution in [0.1, 0.15) is 18.4 Å². The van der Waals surface area contributed by atoms with Gasteiger partial charge in [0.25, 0.3) is 0 Å². The van der Waals surface area contributed by atoms with Crippen molar-refractivity contribution >= 4 is 0 Å². The molecule has 19 heavy (non-hydrogen) atoms. The third-order valence-corrected chi connectivity index (χ3v) is 3.13. The normalized spacial score (nSPS) is 10.7. The SMILES string of the molecule is COc1ccc(-c2cnnn2CCCCN)cc1C. The summed E-state index contributed by atoms with van der Waals surface area (Å²) in [6, 6.07) is 6.10. The van der Waals surface area contributed by atoms with Gasteiger partial charge in [-0.3, -0.25) is 0 Å². The van der Waals surface area contributed by atoms with Crippen molar-refractivity contribution in [1.82, 2.24) is 15.0 Å². The summed E-state index contributed by atoms with van der Waals surface area (Å²) in [5.41, 5.74) is 8.75. The molecule has 0 fully saturated rings. The molecule has 0 saturated heterocycles. The van der Waals surface area contributed by atoms with Crippen molar-refractivity contribution < 1.29 is 4.74 Å². The fourth-order valence-corrected chi connectivity index (χ4v) is 2.09. The molecular weight excluding hydrogens is 240 g/mol. The number of unbranched alkanes of at least 4 members (excludes halogenated alkanes) is 1. The lowest BCUT2D eigenvalue weighted by Crippen LogP contribution is -2.06. The number of methoxy groups -OCH3 is 1. The van der Waals surface area contributed by atoms with Gasteiger partial charge in [-0.15, -0.1) is 5.10 Å². The molecule has 1 aromatic heterocycles. The van der Waals surface area contributed by atoms with Crippen molar-refractivity contribution in [3.05, 3.63) is 30.0 Å². The second-order valence-corrected chi connectivity index (χ2v) is 4.52. The molecule has 0 spiro atoms. The minimum atomic E-state index is 0.714. The van der Waals surface area contributed by atoms with Crippen LogP contribution in [0.25, 0.3) is 11.3 Å². The van der Waals surface area contributed by atoms with Gasteiger partial charge in [-0.1, -0.05) is 5.21 Å². The molecule has 5 nitrogen and oxygen atoms in total. The van der Waals surface area contributed by atoms with Crippen LogP contribution in [-0.2, 0) is 6.54 Å². The highest BCUT2D eigenvalue weighted by atomic mass is 16.5. The number of benzene rings is 1. The Kier molecular flexibility index (Phi) is 4.52. The first-order valence-electron chi connectivity index (χ1n) is 6.50. The van der Waals surface area contributed by atoms with Crippen LogP contribution in [0.4, 0.5) is 0 Å². The number of nitrogens with zero attached hydrogens (tertiary/aromatic N) is 3. The van der Waals surface area contributed by atoms with E-state index in [-0.39, 0.29) is 0 Å². The van der Waals surface area contributed by atoms with Gasteiger partial charge in [0.2, 0.25) is 0 Å². The van der Waals surface area contributed by atoms with Crippen LogP contribution in [0, 0.1) is 6.92 Å². The van der Waals surface area contributed by atoms with Crippen molar-refractivity contribution in [1.29, 1.82) is 0 Å². The van der Waals surface area contributed by atoms with Gasteiger partial charge in [0, 0.05) is 12.1 Å². The summed E-state index contributed by atoms with van der Waals surface area (Å²) in [7, 11) is 1.68. The largest absolute Gasteiger partial charge is 0.496 e. The van der Waals surface area contributed by atoms with Gasteiger partial charge < -0.3 is 10.5 Å². The summed E-state index contributed by atoms with van der Waals surface area (Å²) < 4.78 is 7.20. The van der Waals surface area contributed by atoms with Gasteiger partial charge in [-0.25, -0.2) is 4.68 Å². The first-order valence-corrected chi connectivity index (χ1v) is 6.50. The first-order chi connectivity index (χ1) is 9.26. The van der Waals surface area contributed by atoms with Crippen molar-refractivity contribution in [2.75, 3.05) is 13.7 Å². The molecule has 5 heteroatoms. The number of nitrogens with two attached hydrogens (primary N) is 1. The van der Waals surface area contributed by atoms with Gasteiger partial charge in [0.05, 0.1) is 19.0 Å². The third kappa shape index (κ3) is 3.12. The number of hydrogen-bond donors (Lipinski definition) is 1. The zero-order chi connectivity index (χ0) is 13.7. The van der Waals surface area contributed by atoms with Gasteiger partial charge in [-0.05, 0) is 50.1 Å². The zero-order valence-corrected chi connectivity index (χ0v) is 11.5. The van der Waals surface area contributed by atoms with E-state index in [0.29, 0.717) is 6.54 Å². The van der Waals surface area contributed by atoms with E-state index in [2.05, 4.69) is 16.4 Å². The van der Waals surface area contributed by atoms with Crippen LogP contribution in [-0.4, -0.2) is 28.6 Å². The summed E-state index contributed by atoms with van der Waals surface area (Å²) in [6.45, 7) is 3.59. The number of hydrogen-bond acceptors (Lipinski definition) is 4. The van der Waals surface area contributed by atoms with Gasteiger partial charge >= 0.3 is 0 Å². The zero-order valence-electron chi connectivity index (χ0n) is 11.5. The molecule has 0 amide bonds. The van der Waals surface area contributed by atoms with Gasteiger partial charge in [0.1, 0.15) is 5.75 Å². The predicted molar refractivity (Wildman–Crippen MR) is 75.0 cm³/mol. The van der Waals surface area contributed by atoms with Gasteiger partial charge in [-0.2, -0.15) is 0 Å². The molecule has 2 rings (SSSR count). The summed E-state index contributed by atoms with van der Waals surface area (Å²) in [5, 5.41) is 8.13. The molecule has 2 N–H and O–H groups in total. The van der Waals surface area contributed by atoms with Gasteiger partial charge in [0.15, 0.2) is 0 Å². The molecule has 0 bridgehead atoms. The Morgan fingerprint density at radius 3 is 2.84 bits per heavy atom. The smallest absolute Gasteiger partial charge is 0.121 e. The van der Waals surface area contributed by atoms with E-state index in [1.807, 2.05) is 23.7 Å². The molecule has 0 radical (unpaired) electrons. The lowest BCUT2D eigenvalue weighted by Gasteiger charge is -2.09. The Balaban J connectivity index is 2.22. The number of aromatic nitrogens is 3. The van der Waals surface area contributed by atoms with E-state index in [1.54, 1.807) is 13.3 Å². The van der Waals surface area contributed by atoms with E-state index in [9.17, 15) is 0 Å². The molecule has 1 aromatic carbocycles. The second kappa shape index (κ2) is 6.33. The Labute approximate surface area is 113 Å². The van der Waals surface area contributed by atoms with Crippen LogP contribution >= 0.6 is 0 Å². The first kappa shape index (κ1) is 13.5. The monoisotopic (exact) mass is 260 g/mol. The minimum Gasteiger partial charge on any atom is -0.496 e. The number of aryl methyl sites for hydroxylation is 2. The highest BCUT2D eigenvalue weighted by Gasteiger charge is 2.08. The topological polar surface area (TPSA) is 66.0 Å². The fraction of sp³-hybridized carbons (Fsp3) is 0.429. The molecule has 0 unspecified atom stereocenters. The number of rotatable bonds is 6. The molecule has 0 atom stereocenters. The maximum absolute atomic E-state index is 5.51. The fourth-order valence-electron chi connectivity index (χ4n) is 2.09. The van der Waals surface area contributed by atoms with E-state index >= 15 is 0 Å². The summed E-state index contributed by atoms with van der Waals surface area (Å²) in [5.74, 6) is 0.894. The molecule has 1 heterocycles. The van der Waals surface area contributed by atoms with Crippen LogP contribution in [0.3, 0.4) is 0 Å². The average molecular weight is 260 g/mol. The predicted octanol–water partition coefficient (Wildman–Crippen LogP) is 2.00. The van der Waals surface area contributed by atoms with Crippen LogP contribution in [0.5, 0.6) is 5.75 Å². The minimum absolute atomic E-state index is 0.714. The van der Waals surface area contributed by atoms with Crippen molar-refractivity contribution in [2.24, 2.45) is 5.73 Å². The highest BCUT2D eigenvalue weighted by Crippen LogP contribution is 2.25. The molecule has 102 valence electrons. The molecule has 0 aliphatic rings. The Morgan fingerprint density at radius 2 is 2.16 bits per heavy atom. The van der Waals surface area contributed by atoms with Crippen LogP contribution in [0.2, 0.25) is 0 Å². The molecular formula is C14H20N4O. The Bertz CT molecular complexity index is 536. The molecule has 0 aliphatic carbocycles.